The van der Waals surface area contributed by atoms with Crippen LogP contribution < -0.4 is 5.32 Å². The number of carbonyl (C=O) groups is 3. The van der Waals surface area contributed by atoms with E-state index in [0.717, 1.165) is 0 Å². The molecule has 0 radical (unpaired) electrons. The quantitative estimate of drug-likeness (QED) is 0.775. The normalized spacial score (nSPS) is 18.4. The third-order valence-electron chi connectivity index (χ3n) is 3.16. The van der Waals surface area contributed by atoms with Crippen LogP contribution in [0.5, 0.6) is 0 Å². The third kappa shape index (κ3) is 3.14. The third-order valence-corrected chi connectivity index (χ3v) is 3.16. The van der Waals surface area contributed by atoms with E-state index >= 15 is 0 Å². The van der Waals surface area contributed by atoms with Crippen LogP contribution >= 0.6 is 0 Å². The maximum Gasteiger partial charge on any atom is 0.325 e. The van der Waals surface area contributed by atoms with E-state index in [1.54, 1.807) is 4.90 Å². The van der Waals surface area contributed by atoms with Crippen molar-refractivity contribution in [3.63, 3.8) is 0 Å². The standard InChI is InChI=1S/C12H16N4O4/c1-2-15-6-8(5-10(15)17)12(20)13-9-3-4-16(14-9)7-11(18)19/h3-4,8H,2,5-7H2,1H3,(H,18,19)(H,13,14,20). The number of hydrogen-bond acceptors (Lipinski definition) is 4. The lowest BCUT2D eigenvalue weighted by Gasteiger charge is -2.12. The summed E-state index contributed by atoms with van der Waals surface area (Å²) in [6.07, 6.45) is 1.68. The minimum absolute atomic E-state index is 0.0240. The van der Waals surface area contributed by atoms with Gasteiger partial charge in [-0.05, 0) is 6.92 Å². The second-order valence-corrected chi connectivity index (χ2v) is 4.61. The van der Waals surface area contributed by atoms with E-state index < -0.39 is 5.97 Å². The Balaban J connectivity index is 1.93. The fourth-order valence-electron chi connectivity index (χ4n) is 2.14. The zero-order chi connectivity index (χ0) is 14.7. The molecular weight excluding hydrogens is 264 g/mol. The Morgan fingerprint density at radius 2 is 2.30 bits per heavy atom. The van der Waals surface area contributed by atoms with Crippen LogP contribution in [-0.2, 0) is 20.9 Å². The molecule has 1 aliphatic rings. The number of anilines is 1. The second-order valence-electron chi connectivity index (χ2n) is 4.61. The lowest BCUT2D eigenvalue weighted by atomic mass is 10.1. The van der Waals surface area contributed by atoms with Gasteiger partial charge in [0.25, 0.3) is 0 Å². The number of carboxylic acid groups (broad SMARTS) is 1. The highest BCUT2D eigenvalue weighted by molar-refractivity contribution is 5.96. The number of rotatable bonds is 5. The predicted octanol–water partition coefficient (Wildman–Crippen LogP) is -0.225. The van der Waals surface area contributed by atoms with Crippen molar-refractivity contribution in [1.82, 2.24) is 14.7 Å². The molecule has 2 amide bonds. The van der Waals surface area contributed by atoms with Gasteiger partial charge in [-0.15, -0.1) is 0 Å². The molecule has 1 saturated heterocycles. The predicted molar refractivity (Wildman–Crippen MR) is 68.9 cm³/mol. The van der Waals surface area contributed by atoms with Crippen LogP contribution in [0.3, 0.4) is 0 Å². The van der Waals surface area contributed by atoms with Crippen LogP contribution in [0.15, 0.2) is 12.3 Å². The molecule has 0 saturated carbocycles. The van der Waals surface area contributed by atoms with Crippen molar-refractivity contribution in [3.8, 4) is 0 Å². The highest BCUT2D eigenvalue weighted by Gasteiger charge is 2.33. The number of carboxylic acids is 1. The van der Waals surface area contributed by atoms with Crippen molar-refractivity contribution in [2.24, 2.45) is 5.92 Å². The first-order valence-electron chi connectivity index (χ1n) is 6.33. The van der Waals surface area contributed by atoms with Crippen molar-refractivity contribution in [2.45, 2.75) is 19.9 Å². The summed E-state index contributed by atoms with van der Waals surface area (Å²) in [5.41, 5.74) is 0. The summed E-state index contributed by atoms with van der Waals surface area (Å²) in [5.74, 6) is -1.39. The molecule has 108 valence electrons. The van der Waals surface area contributed by atoms with Crippen molar-refractivity contribution in [3.05, 3.63) is 12.3 Å². The summed E-state index contributed by atoms with van der Waals surface area (Å²) in [4.78, 5) is 35.7. The van der Waals surface area contributed by atoms with Crippen molar-refractivity contribution < 1.29 is 19.5 Å². The van der Waals surface area contributed by atoms with Crippen LogP contribution in [0.25, 0.3) is 0 Å². The number of carbonyl (C=O) groups excluding carboxylic acids is 2. The van der Waals surface area contributed by atoms with Gasteiger partial charge in [-0.1, -0.05) is 0 Å². The number of nitrogens with zero attached hydrogens (tertiary/aromatic N) is 3. The minimum Gasteiger partial charge on any atom is -0.480 e. The average molecular weight is 280 g/mol. The average Bonchev–Trinajstić information content (AvgIpc) is 2.95. The molecule has 1 fully saturated rings. The first kappa shape index (κ1) is 14.0. The monoisotopic (exact) mass is 280 g/mol. The van der Waals surface area contributed by atoms with Gasteiger partial charge in [-0.25, -0.2) is 0 Å². The van der Waals surface area contributed by atoms with E-state index in [1.165, 1.54) is 16.9 Å². The molecule has 2 N–H and O–H groups in total. The molecule has 1 aromatic rings. The van der Waals surface area contributed by atoms with E-state index in [4.69, 9.17) is 5.11 Å². The first-order chi connectivity index (χ1) is 9.49. The van der Waals surface area contributed by atoms with Gasteiger partial charge < -0.3 is 15.3 Å². The number of amides is 2. The van der Waals surface area contributed by atoms with Gasteiger partial charge in [0, 0.05) is 31.8 Å². The molecule has 0 bridgehead atoms. The fourth-order valence-corrected chi connectivity index (χ4v) is 2.14. The van der Waals surface area contributed by atoms with Gasteiger partial charge in [0.2, 0.25) is 11.8 Å². The van der Waals surface area contributed by atoms with E-state index in [1.807, 2.05) is 6.92 Å². The summed E-state index contributed by atoms with van der Waals surface area (Å²) < 4.78 is 1.22. The molecule has 8 nitrogen and oxygen atoms in total. The van der Waals surface area contributed by atoms with E-state index in [9.17, 15) is 14.4 Å². The summed E-state index contributed by atoms with van der Waals surface area (Å²) in [7, 11) is 0. The van der Waals surface area contributed by atoms with Crippen LogP contribution in [-0.4, -0.2) is 50.7 Å². The van der Waals surface area contributed by atoms with Gasteiger partial charge in [-0.2, -0.15) is 5.10 Å². The number of likely N-dealkylation sites (tertiary alicyclic amines) is 1. The van der Waals surface area contributed by atoms with Gasteiger partial charge in [0.05, 0.1) is 5.92 Å². The molecule has 20 heavy (non-hydrogen) atoms. The lowest BCUT2D eigenvalue weighted by molar-refractivity contribution is -0.138. The number of hydrogen-bond donors (Lipinski definition) is 2. The highest BCUT2D eigenvalue weighted by atomic mass is 16.4. The zero-order valence-corrected chi connectivity index (χ0v) is 11.1. The van der Waals surface area contributed by atoms with E-state index in [-0.39, 0.29) is 30.7 Å². The minimum atomic E-state index is -1.01. The first-order valence-corrected chi connectivity index (χ1v) is 6.33. The fraction of sp³-hybridized carbons (Fsp3) is 0.500. The molecule has 1 aromatic heterocycles. The Bertz CT molecular complexity index is 539. The Morgan fingerprint density at radius 1 is 1.55 bits per heavy atom. The molecule has 1 unspecified atom stereocenters. The molecule has 0 aromatic carbocycles. The van der Waals surface area contributed by atoms with Crippen LogP contribution in [0, 0.1) is 5.92 Å². The Kier molecular flexibility index (Phi) is 4.02. The summed E-state index contributed by atoms with van der Waals surface area (Å²) >= 11 is 0. The maximum atomic E-state index is 12.0. The molecular formula is C12H16N4O4. The largest absolute Gasteiger partial charge is 0.480 e. The number of aliphatic carboxylic acids is 1. The molecule has 8 heteroatoms. The van der Waals surface area contributed by atoms with E-state index in [0.29, 0.717) is 18.9 Å². The summed E-state index contributed by atoms with van der Waals surface area (Å²) in [5, 5.41) is 15.2. The Hall–Kier alpha value is -2.38. The molecule has 2 rings (SSSR count). The molecule has 2 heterocycles. The summed E-state index contributed by atoms with van der Waals surface area (Å²) in [6.45, 7) is 2.61. The number of nitrogens with one attached hydrogen (secondary N) is 1. The molecule has 0 spiro atoms. The molecule has 1 aliphatic heterocycles. The van der Waals surface area contributed by atoms with Crippen molar-refractivity contribution >= 4 is 23.6 Å². The molecule has 0 aliphatic carbocycles. The maximum absolute atomic E-state index is 12.0. The van der Waals surface area contributed by atoms with Crippen molar-refractivity contribution in [1.29, 1.82) is 0 Å². The number of aromatic nitrogens is 2. The SMILES string of the molecule is CCN1CC(C(=O)Nc2ccn(CC(=O)O)n2)CC1=O. The Morgan fingerprint density at radius 3 is 2.90 bits per heavy atom. The smallest absolute Gasteiger partial charge is 0.325 e. The zero-order valence-electron chi connectivity index (χ0n) is 11.1. The van der Waals surface area contributed by atoms with Gasteiger partial charge >= 0.3 is 5.97 Å². The van der Waals surface area contributed by atoms with Crippen molar-refractivity contribution in [2.75, 3.05) is 18.4 Å². The van der Waals surface area contributed by atoms with Gasteiger partial charge in [-0.3, -0.25) is 19.1 Å². The lowest BCUT2D eigenvalue weighted by Crippen LogP contribution is -2.28. The van der Waals surface area contributed by atoms with Crippen LogP contribution in [0.4, 0.5) is 5.82 Å². The second kappa shape index (κ2) is 5.72. The van der Waals surface area contributed by atoms with Gasteiger partial charge in [0.1, 0.15) is 6.54 Å². The topological polar surface area (TPSA) is 105 Å². The Labute approximate surface area is 115 Å². The van der Waals surface area contributed by atoms with E-state index in [2.05, 4.69) is 10.4 Å². The summed E-state index contributed by atoms with van der Waals surface area (Å²) in [6, 6.07) is 1.52. The van der Waals surface area contributed by atoms with Gasteiger partial charge in [0.15, 0.2) is 5.82 Å². The highest BCUT2D eigenvalue weighted by Crippen LogP contribution is 2.19. The van der Waals surface area contributed by atoms with Crippen LogP contribution in [0.2, 0.25) is 0 Å². The van der Waals surface area contributed by atoms with Crippen LogP contribution in [0.1, 0.15) is 13.3 Å². The molecule has 1 atom stereocenters.